The molecule has 9 nitrogen and oxygen atoms in total. The standard InChI is InChI=1S/C30H38BrN5O4S/c1-30(2)13-7-8-23(24-12-9-20(31)17-32-24)27-34-26(18-36(27)19-40-14-15-41(4,5)6)22-11-10-21(33-29(38)39-3)16-25(22)35-28(30)37/h8-12,16-18H,7,13-15,19H2,1-6H3,(H,33,38)(H,35,37)/b23-8-. The number of nitrogens with zero attached hydrogens (tertiary/aromatic N) is 3. The average molecular weight is 645 g/mol. The van der Waals surface area contributed by atoms with Gasteiger partial charge in [-0.2, -0.15) is 0 Å². The predicted molar refractivity (Wildman–Crippen MR) is 171 cm³/mol. The molecule has 0 atom stereocenters. The van der Waals surface area contributed by atoms with Crippen molar-refractivity contribution in [2.75, 3.05) is 48.9 Å². The van der Waals surface area contributed by atoms with E-state index < -0.39 is 21.5 Å². The van der Waals surface area contributed by atoms with Gasteiger partial charge in [0.1, 0.15) is 12.6 Å². The summed E-state index contributed by atoms with van der Waals surface area (Å²) in [6.07, 6.45) is 13.3. The van der Waals surface area contributed by atoms with Crippen molar-refractivity contribution in [3.8, 4) is 11.3 Å². The minimum Gasteiger partial charge on any atom is -0.453 e. The number of carbonyl (C=O) groups is 2. The molecule has 2 amide bonds. The molecule has 3 heterocycles. The minimum absolute atomic E-state index is 0.126. The summed E-state index contributed by atoms with van der Waals surface area (Å²) in [5.74, 6) is 1.60. The van der Waals surface area contributed by atoms with Crippen LogP contribution in [0.15, 0.2) is 53.3 Å². The molecule has 0 unspecified atom stereocenters. The maximum absolute atomic E-state index is 13.5. The van der Waals surface area contributed by atoms with Crippen LogP contribution in [0.3, 0.4) is 0 Å². The summed E-state index contributed by atoms with van der Waals surface area (Å²) in [6, 6.07) is 9.23. The Morgan fingerprint density at radius 3 is 2.66 bits per heavy atom. The lowest BCUT2D eigenvalue weighted by molar-refractivity contribution is -0.124. The summed E-state index contributed by atoms with van der Waals surface area (Å²) in [7, 11) is 0.614. The zero-order chi connectivity index (χ0) is 29.8. The van der Waals surface area contributed by atoms with Crippen LogP contribution < -0.4 is 10.6 Å². The maximum Gasteiger partial charge on any atom is 0.411 e. The molecule has 0 spiro atoms. The number of rotatable bonds is 7. The van der Waals surface area contributed by atoms with Crippen molar-refractivity contribution >= 4 is 54.9 Å². The van der Waals surface area contributed by atoms with Gasteiger partial charge in [-0.25, -0.2) is 19.8 Å². The summed E-state index contributed by atoms with van der Waals surface area (Å²) in [6.45, 7) is 4.82. The van der Waals surface area contributed by atoms with E-state index in [1.165, 1.54) is 7.11 Å². The van der Waals surface area contributed by atoms with E-state index in [1.54, 1.807) is 18.3 Å². The SMILES string of the molecule is COC(=O)Nc1ccc2c(c1)NC(=O)C(C)(C)CC/C=C(/c1ccc(Br)cn1)c1nc-2cn1COCCS(C)(C)C. The fourth-order valence-corrected chi connectivity index (χ4v) is 5.13. The van der Waals surface area contributed by atoms with Crippen LogP contribution in [0.5, 0.6) is 0 Å². The first-order valence-electron chi connectivity index (χ1n) is 13.3. The molecule has 11 heteroatoms. The van der Waals surface area contributed by atoms with E-state index >= 15 is 0 Å². The number of hydrogen-bond donors (Lipinski definition) is 2. The predicted octanol–water partition coefficient (Wildman–Crippen LogP) is 6.74. The average Bonchev–Trinajstić information content (AvgIpc) is 3.32. The number of imidazole rings is 1. The van der Waals surface area contributed by atoms with Crippen LogP contribution in [-0.4, -0.2) is 64.8 Å². The number of allylic oxidation sites excluding steroid dienone is 1. The molecule has 0 aliphatic carbocycles. The van der Waals surface area contributed by atoms with Gasteiger partial charge in [-0.05, 0) is 77.9 Å². The zero-order valence-corrected chi connectivity index (χ0v) is 26.8. The molecule has 41 heavy (non-hydrogen) atoms. The van der Waals surface area contributed by atoms with E-state index in [-0.39, 0.29) is 5.91 Å². The Labute approximate surface area is 251 Å². The lowest BCUT2D eigenvalue weighted by Crippen LogP contribution is -2.31. The normalized spacial score (nSPS) is 16.8. The summed E-state index contributed by atoms with van der Waals surface area (Å²) >= 11 is 3.48. The van der Waals surface area contributed by atoms with E-state index in [2.05, 4.69) is 56.4 Å². The largest absolute Gasteiger partial charge is 0.453 e. The lowest BCUT2D eigenvalue weighted by atomic mass is 9.86. The molecule has 0 fully saturated rings. The number of aromatic nitrogens is 3. The number of amides is 2. The molecule has 2 aromatic heterocycles. The molecule has 0 radical (unpaired) electrons. The van der Waals surface area contributed by atoms with Crippen molar-refractivity contribution < 1.29 is 19.1 Å². The van der Waals surface area contributed by atoms with E-state index in [4.69, 9.17) is 14.5 Å². The van der Waals surface area contributed by atoms with Crippen LogP contribution in [0.25, 0.3) is 16.8 Å². The van der Waals surface area contributed by atoms with Gasteiger partial charge in [0.2, 0.25) is 5.91 Å². The molecule has 2 bridgehead atoms. The molecule has 0 saturated heterocycles. The van der Waals surface area contributed by atoms with E-state index in [0.29, 0.717) is 48.8 Å². The molecule has 220 valence electrons. The summed E-state index contributed by atoms with van der Waals surface area (Å²) < 4.78 is 13.8. The van der Waals surface area contributed by atoms with Crippen LogP contribution in [-0.2, 0) is 21.0 Å². The number of pyridine rings is 1. The molecule has 2 N–H and O–H groups in total. The first kappa shape index (κ1) is 30.8. The Kier molecular flexibility index (Phi) is 9.61. The second-order valence-corrected chi connectivity index (χ2v) is 17.0. The number of ether oxygens (including phenoxy) is 2. The number of nitrogens with one attached hydrogen (secondary N) is 2. The molecule has 1 aromatic carbocycles. The van der Waals surface area contributed by atoms with Gasteiger partial charge in [-0.15, -0.1) is 0 Å². The fraction of sp³-hybridized carbons (Fsp3) is 0.400. The molecular formula is C30H38BrN5O4S. The van der Waals surface area contributed by atoms with Crippen molar-refractivity contribution in [3.63, 3.8) is 0 Å². The highest BCUT2D eigenvalue weighted by molar-refractivity contribution is 9.10. The number of halogens is 1. The summed E-state index contributed by atoms with van der Waals surface area (Å²) in [5, 5.41) is 5.77. The number of benzene rings is 1. The Bertz CT molecular complexity index is 1440. The molecule has 1 aliphatic heterocycles. The van der Waals surface area contributed by atoms with Crippen molar-refractivity contribution in [3.05, 3.63) is 64.8 Å². The zero-order valence-electron chi connectivity index (χ0n) is 24.4. The van der Waals surface area contributed by atoms with Gasteiger partial charge in [0, 0.05) is 44.9 Å². The fourth-order valence-electron chi connectivity index (χ4n) is 4.28. The highest BCUT2D eigenvalue weighted by Crippen LogP contribution is 2.37. The van der Waals surface area contributed by atoms with Crippen molar-refractivity contribution in [2.45, 2.75) is 33.4 Å². The lowest BCUT2D eigenvalue weighted by Gasteiger charge is -2.24. The van der Waals surface area contributed by atoms with Crippen molar-refractivity contribution in [1.29, 1.82) is 0 Å². The van der Waals surface area contributed by atoms with Crippen LogP contribution in [0.2, 0.25) is 0 Å². The first-order chi connectivity index (χ1) is 19.4. The molecule has 0 saturated carbocycles. The van der Waals surface area contributed by atoms with Gasteiger partial charge in [0.05, 0.1) is 30.8 Å². The van der Waals surface area contributed by atoms with Gasteiger partial charge in [0.15, 0.2) is 0 Å². The Hall–Kier alpha value is -3.15. The van der Waals surface area contributed by atoms with Gasteiger partial charge in [0.25, 0.3) is 0 Å². The van der Waals surface area contributed by atoms with Gasteiger partial charge < -0.3 is 19.4 Å². The second-order valence-electron chi connectivity index (χ2n) is 11.5. The van der Waals surface area contributed by atoms with E-state index in [0.717, 1.165) is 27.3 Å². The summed E-state index contributed by atoms with van der Waals surface area (Å²) in [4.78, 5) is 35.1. The highest BCUT2D eigenvalue weighted by atomic mass is 79.9. The maximum atomic E-state index is 13.5. The van der Waals surface area contributed by atoms with Crippen LogP contribution >= 0.6 is 26.0 Å². The first-order valence-corrected chi connectivity index (χ1v) is 17.1. The Morgan fingerprint density at radius 1 is 1.20 bits per heavy atom. The number of anilines is 2. The second kappa shape index (κ2) is 12.8. The number of methoxy groups -OCH3 is 1. The highest BCUT2D eigenvalue weighted by Gasteiger charge is 2.29. The Balaban J connectivity index is 1.85. The van der Waals surface area contributed by atoms with Crippen molar-refractivity contribution in [1.82, 2.24) is 14.5 Å². The minimum atomic E-state index is -0.690. The topological polar surface area (TPSA) is 107 Å². The van der Waals surface area contributed by atoms with Crippen LogP contribution in [0.4, 0.5) is 16.2 Å². The van der Waals surface area contributed by atoms with E-state index in [9.17, 15) is 9.59 Å². The Morgan fingerprint density at radius 2 is 1.98 bits per heavy atom. The van der Waals surface area contributed by atoms with Gasteiger partial charge >= 0.3 is 6.09 Å². The molecule has 3 aromatic rings. The van der Waals surface area contributed by atoms with Gasteiger partial charge in [-0.3, -0.25) is 15.1 Å². The number of hydrogen-bond acceptors (Lipinski definition) is 6. The molecular weight excluding hydrogens is 606 g/mol. The third-order valence-electron chi connectivity index (χ3n) is 6.80. The molecule has 1 aliphatic rings. The summed E-state index contributed by atoms with van der Waals surface area (Å²) in [5.41, 5.74) is 3.40. The van der Waals surface area contributed by atoms with Crippen LogP contribution in [0.1, 0.15) is 38.2 Å². The number of fused-ring (bicyclic) bond motifs is 4. The van der Waals surface area contributed by atoms with E-state index in [1.807, 2.05) is 42.8 Å². The third-order valence-corrected chi connectivity index (χ3v) is 8.66. The molecule has 4 rings (SSSR count). The van der Waals surface area contributed by atoms with Crippen LogP contribution in [0, 0.1) is 5.41 Å². The smallest absolute Gasteiger partial charge is 0.411 e. The number of carbonyl (C=O) groups excluding carboxylic acids is 2. The monoisotopic (exact) mass is 643 g/mol. The quantitative estimate of drug-likeness (QED) is 0.276. The van der Waals surface area contributed by atoms with Crippen molar-refractivity contribution in [2.24, 2.45) is 5.41 Å². The van der Waals surface area contributed by atoms with Gasteiger partial charge in [-0.1, -0.05) is 19.9 Å². The third kappa shape index (κ3) is 7.99.